The number of Topliss-reactive ketones (excluding diaryl/α,β-unsaturated/α-hetero) is 1. The highest BCUT2D eigenvalue weighted by Gasteiger charge is 2.34. The van der Waals surface area contributed by atoms with E-state index in [1.54, 1.807) is 6.08 Å². The predicted octanol–water partition coefficient (Wildman–Crippen LogP) is 8.05. The predicted molar refractivity (Wildman–Crippen MR) is 176 cm³/mol. The summed E-state index contributed by atoms with van der Waals surface area (Å²) >= 11 is 0. The van der Waals surface area contributed by atoms with Gasteiger partial charge in [-0.1, -0.05) is 103 Å². The van der Waals surface area contributed by atoms with Crippen LogP contribution in [0.5, 0.6) is 0 Å². The first-order chi connectivity index (χ1) is 21.3. The molecule has 0 saturated carbocycles. The van der Waals surface area contributed by atoms with Crippen LogP contribution >= 0.6 is 0 Å². The Morgan fingerprint density at radius 3 is 1.68 bits per heavy atom. The van der Waals surface area contributed by atoms with Crippen LogP contribution in [-0.4, -0.2) is 63.7 Å². The van der Waals surface area contributed by atoms with Gasteiger partial charge in [0.05, 0.1) is 30.5 Å². The van der Waals surface area contributed by atoms with Gasteiger partial charge in [-0.05, 0) is 57.9 Å². The van der Waals surface area contributed by atoms with E-state index < -0.39 is 18.3 Å². The van der Waals surface area contributed by atoms with Gasteiger partial charge in [0, 0.05) is 24.8 Å². The molecule has 6 atom stereocenters. The van der Waals surface area contributed by atoms with E-state index in [4.69, 9.17) is 9.47 Å². The molecule has 2 aliphatic heterocycles. The molecule has 2 unspecified atom stereocenters. The molecular weight excluding hydrogens is 556 g/mol. The summed E-state index contributed by atoms with van der Waals surface area (Å²) in [5.41, 5.74) is 0.569. The number of rotatable bonds is 28. The molecule has 2 aliphatic rings. The van der Waals surface area contributed by atoms with Crippen LogP contribution in [0.2, 0.25) is 0 Å². The molecule has 0 bridgehead atoms. The van der Waals surface area contributed by atoms with Crippen molar-refractivity contribution in [2.45, 2.75) is 211 Å². The van der Waals surface area contributed by atoms with Crippen molar-refractivity contribution in [2.24, 2.45) is 0 Å². The van der Waals surface area contributed by atoms with Gasteiger partial charge in [-0.25, -0.2) is 4.79 Å². The Morgan fingerprint density at radius 1 is 0.727 bits per heavy atom. The molecule has 0 amide bonds. The van der Waals surface area contributed by atoms with Crippen LogP contribution in [0.15, 0.2) is 11.6 Å². The van der Waals surface area contributed by atoms with Crippen LogP contribution in [0.25, 0.3) is 0 Å². The van der Waals surface area contributed by atoms with Gasteiger partial charge < -0.3 is 24.8 Å². The Balaban J connectivity index is 1.38. The minimum Gasteiger partial charge on any atom is -0.455 e. The molecule has 1 fully saturated rings. The van der Waals surface area contributed by atoms with E-state index in [1.165, 1.54) is 57.8 Å². The van der Waals surface area contributed by atoms with Gasteiger partial charge in [0.25, 0.3) is 0 Å². The molecule has 44 heavy (non-hydrogen) atoms. The summed E-state index contributed by atoms with van der Waals surface area (Å²) in [6.45, 7) is 4.07. The van der Waals surface area contributed by atoms with E-state index in [0.717, 1.165) is 70.6 Å². The zero-order valence-corrected chi connectivity index (χ0v) is 28.2. The number of hydrogen-bond acceptors (Lipinski definition) is 7. The topological polar surface area (TPSA) is 113 Å². The lowest BCUT2D eigenvalue weighted by molar-refractivity contribution is -0.139. The van der Waals surface area contributed by atoms with Crippen LogP contribution in [-0.2, 0) is 19.1 Å². The smallest absolute Gasteiger partial charge is 0.334 e. The number of aliphatic hydroxyl groups excluding tert-OH is 3. The molecule has 0 aromatic heterocycles. The maximum atomic E-state index is 12.2. The van der Waals surface area contributed by atoms with Crippen LogP contribution in [0, 0.1) is 0 Å². The van der Waals surface area contributed by atoms with Crippen LogP contribution in [0.4, 0.5) is 0 Å². The Labute approximate surface area is 268 Å². The third kappa shape index (κ3) is 17.4. The van der Waals surface area contributed by atoms with Crippen molar-refractivity contribution < 1.29 is 34.4 Å². The van der Waals surface area contributed by atoms with Crippen molar-refractivity contribution in [2.75, 3.05) is 0 Å². The second-order valence-electron chi connectivity index (χ2n) is 13.6. The van der Waals surface area contributed by atoms with Gasteiger partial charge in [0.15, 0.2) is 0 Å². The SMILES string of the molecule is CCCCCCCCCCCCC(O)[C@H]1CC[C@@H](C(O)CCCCCCC(=O)CCCCC[C@@H](O)CC2=C[C@H](C)OC2=O)O1. The van der Waals surface area contributed by atoms with Gasteiger partial charge >= 0.3 is 5.97 Å². The maximum absolute atomic E-state index is 12.2. The minimum absolute atomic E-state index is 0.136. The standard InChI is InChI=1S/C37H66O7/c1-3-4-5-6-7-8-9-10-11-18-23-33(40)35-25-26-36(44-35)34(41)24-19-13-12-15-20-31(38)21-16-14-17-22-32(39)28-30-27-29(2)43-37(30)42/h27,29,32-36,39-41H,3-26,28H2,1-2H3/t29-,32+,33?,34?,35+,36-/m0/s1. The molecule has 256 valence electrons. The van der Waals surface area contributed by atoms with Gasteiger partial charge in [-0.2, -0.15) is 0 Å². The van der Waals surface area contributed by atoms with E-state index in [1.807, 2.05) is 6.92 Å². The fourth-order valence-electron chi connectivity index (χ4n) is 6.64. The minimum atomic E-state index is -0.541. The third-order valence-corrected chi connectivity index (χ3v) is 9.44. The highest BCUT2D eigenvalue weighted by molar-refractivity contribution is 5.90. The first-order valence-corrected chi connectivity index (χ1v) is 18.4. The molecule has 0 aliphatic carbocycles. The lowest BCUT2D eigenvalue weighted by atomic mass is 9.99. The molecule has 1 saturated heterocycles. The third-order valence-electron chi connectivity index (χ3n) is 9.44. The summed E-state index contributed by atoms with van der Waals surface area (Å²) < 4.78 is 11.1. The van der Waals surface area contributed by atoms with Crippen molar-refractivity contribution in [3.63, 3.8) is 0 Å². The van der Waals surface area contributed by atoms with Gasteiger partial charge in [-0.3, -0.25) is 4.79 Å². The number of unbranched alkanes of at least 4 members (excludes halogenated alkanes) is 14. The highest BCUT2D eigenvalue weighted by Crippen LogP contribution is 2.28. The summed E-state index contributed by atoms with van der Waals surface area (Å²) in [6, 6.07) is 0. The summed E-state index contributed by atoms with van der Waals surface area (Å²) in [6.07, 6.45) is 24.5. The number of esters is 1. The summed E-state index contributed by atoms with van der Waals surface area (Å²) in [5.74, 6) is -0.0135. The maximum Gasteiger partial charge on any atom is 0.334 e. The first-order valence-electron chi connectivity index (χ1n) is 18.4. The van der Waals surface area contributed by atoms with Crippen molar-refractivity contribution in [1.82, 2.24) is 0 Å². The second-order valence-corrected chi connectivity index (χ2v) is 13.6. The fourth-order valence-corrected chi connectivity index (χ4v) is 6.64. The molecule has 0 aromatic carbocycles. The number of cyclic esters (lactones) is 1. The summed E-state index contributed by atoms with van der Waals surface area (Å²) in [5, 5.41) is 31.4. The Hall–Kier alpha value is -1.28. The number of hydrogen-bond donors (Lipinski definition) is 3. The molecule has 3 N–H and O–H groups in total. The zero-order chi connectivity index (χ0) is 32.0. The van der Waals surface area contributed by atoms with E-state index >= 15 is 0 Å². The van der Waals surface area contributed by atoms with E-state index in [0.29, 0.717) is 43.5 Å². The number of carbonyl (C=O) groups is 2. The van der Waals surface area contributed by atoms with Crippen LogP contribution < -0.4 is 0 Å². The first kappa shape index (κ1) is 38.9. The van der Waals surface area contributed by atoms with Crippen molar-refractivity contribution in [3.8, 4) is 0 Å². The van der Waals surface area contributed by atoms with Gasteiger partial charge in [-0.15, -0.1) is 0 Å². The van der Waals surface area contributed by atoms with E-state index in [-0.39, 0.29) is 24.3 Å². The normalized spacial score (nSPS) is 22.2. The summed E-state index contributed by atoms with van der Waals surface area (Å²) in [7, 11) is 0. The molecule has 0 radical (unpaired) electrons. The average molecular weight is 623 g/mol. The van der Waals surface area contributed by atoms with Crippen LogP contribution in [0.3, 0.4) is 0 Å². The number of aliphatic hydroxyl groups is 3. The summed E-state index contributed by atoms with van der Waals surface area (Å²) in [4.78, 5) is 23.9. The molecule has 7 heteroatoms. The Morgan fingerprint density at radius 2 is 1.18 bits per heavy atom. The number of ketones is 1. The Kier molecular flexibility index (Phi) is 21.2. The van der Waals surface area contributed by atoms with Gasteiger partial charge in [0.1, 0.15) is 11.9 Å². The van der Waals surface area contributed by atoms with Crippen molar-refractivity contribution in [3.05, 3.63) is 11.6 Å². The fraction of sp³-hybridized carbons (Fsp3) is 0.892. The molecule has 2 heterocycles. The van der Waals surface area contributed by atoms with E-state index in [9.17, 15) is 24.9 Å². The number of carbonyl (C=O) groups excluding carboxylic acids is 2. The largest absolute Gasteiger partial charge is 0.455 e. The Bertz CT molecular complexity index is 797. The van der Waals surface area contributed by atoms with Crippen LogP contribution in [0.1, 0.15) is 174 Å². The molecule has 2 rings (SSSR count). The van der Waals surface area contributed by atoms with Gasteiger partial charge in [0.2, 0.25) is 0 Å². The monoisotopic (exact) mass is 622 g/mol. The molecular formula is C37H66O7. The molecule has 0 spiro atoms. The highest BCUT2D eigenvalue weighted by atomic mass is 16.5. The van der Waals surface area contributed by atoms with E-state index in [2.05, 4.69) is 6.92 Å². The second kappa shape index (κ2) is 24.0. The zero-order valence-electron chi connectivity index (χ0n) is 28.2. The molecule has 7 nitrogen and oxygen atoms in total. The molecule has 0 aromatic rings. The van der Waals surface area contributed by atoms with Crippen molar-refractivity contribution in [1.29, 1.82) is 0 Å². The lowest BCUT2D eigenvalue weighted by Crippen LogP contribution is -2.31. The van der Waals surface area contributed by atoms with Crippen molar-refractivity contribution >= 4 is 11.8 Å². The lowest BCUT2D eigenvalue weighted by Gasteiger charge is -2.22. The average Bonchev–Trinajstić information content (AvgIpc) is 3.61. The quantitative estimate of drug-likeness (QED) is 0.0598. The number of ether oxygens (including phenoxy) is 2.